The smallest absolute Gasteiger partial charge is 0.303 e. The number of rotatable bonds is 29. The standard InChI is InChI=1S/C24H51N.C8H18O4S/c1-4-7-10-13-16-19-22-25(23-20-17-14-11-8-5-2)24-21-18-15-12-9-6-3;1-2-3-4-5-6-7-8-12-13(9,10)11/h4-24H2,1-3H3;2-8H2,1H3,(H,9,10,11). The minimum atomic E-state index is -4.22. The molecular weight excluding hydrogens is 494 g/mol. The Morgan fingerprint density at radius 1 is 0.447 bits per heavy atom. The molecule has 0 aliphatic rings. The molecule has 0 rings (SSSR count). The highest BCUT2D eigenvalue weighted by Crippen LogP contribution is 2.11. The first kappa shape index (κ1) is 40.0. The highest BCUT2D eigenvalue weighted by Gasteiger charge is 2.05. The van der Waals surface area contributed by atoms with Gasteiger partial charge < -0.3 is 4.90 Å². The van der Waals surface area contributed by atoms with Crippen molar-refractivity contribution in [1.82, 2.24) is 4.90 Å². The topological polar surface area (TPSA) is 66.8 Å². The van der Waals surface area contributed by atoms with Crippen molar-refractivity contribution in [2.24, 2.45) is 0 Å². The molecule has 0 bridgehead atoms. The van der Waals surface area contributed by atoms with Crippen LogP contribution in [0.3, 0.4) is 0 Å². The van der Waals surface area contributed by atoms with Crippen molar-refractivity contribution in [3.63, 3.8) is 0 Å². The van der Waals surface area contributed by atoms with Gasteiger partial charge in [0.1, 0.15) is 0 Å². The molecule has 6 heteroatoms. The molecule has 0 aliphatic carbocycles. The van der Waals surface area contributed by atoms with Gasteiger partial charge in [0.15, 0.2) is 0 Å². The Labute approximate surface area is 240 Å². The van der Waals surface area contributed by atoms with Gasteiger partial charge >= 0.3 is 10.4 Å². The second-order valence-electron chi connectivity index (χ2n) is 11.2. The van der Waals surface area contributed by atoms with E-state index in [9.17, 15) is 8.42 Å². The molecule has 0 radical (unpaired) electrons. The fourth-order valence-corrected chi connectivity index (χ4v) is 5.06. The monoisotopic (exact) mass is 563 g/mol. The van der Waals surface area contributed by atoms with Crippen LogP contribution in [0.15, 0.2) is 0 Å². The summed E-state index contributed by atoms with van der Waals surface area (Å²) in [6.07, 6.45) is 32.1. The molecule has 0 unspecified atom stereocenters. The molecule has 0 amide bonds. The second kappa shape index (κ2) is 33.0. The van der Waals surface area contributed by atoms with E-state index < -0.39 is 10.4 Å². The van der Waals surface area contributed by atoms with Gasteiger partial charge in [-0.2, -0.15) is 8.42 Å². The van der Waals surface area contributed by atoms with Crippen molar-refractivity contribution in [2.45, 2.75) is 182 Å². The van der Waals surface area contributed by atoms with Crippen molar-refractivity contribution < 1.29 is 17.2 Å². The fourth-order valence-electron chi connectivity index (χ4n) is 4.73. The maximum atomic E-state index is 10.1. The van der Waals surface area contributed by atoms with Crippen molar-refractivity contribution >= 4 is 10.4 Å². The fraction of sp³-hybridized carbons (Fsp3) is 1.00. The predicted molar refractivity (Wildman–Crippen MR) is 167 cm³/mol. The Bertz CT molecular complexity index is 490. The molecule has 5 nitrogen and oxygen atoms in total. The summed E-state index contributed by atoms with van der Waals surface area (Å²) < 4.78 is 32.6. The van der Waals surface area contributed by atoms with Crippen molar-refractivity contribution in [3.05, 3.63) is 0 Å². The average molecular weight is 564 g/mol. The molecule has 0 aromatic rings. The number of hydrogen-bond acceptors (Lipinski definition) is 4. The minimum Gasteiger partial charge on any atom is -0.303 e. The Morgan fingerprint density at radius 2 is 0.711 bits per heavy atom. The molecule has 0 saturated heterocycles. The van der Waals surface area contributed by atoms with Crippen LogP contribution in [-0.2, 0) is 14.6 Å². The summed E-state index contributed by atoms with van der Waals surface area (Å²) in [5.74, 6) is 0. The lowest BCUT2D eigenvalue weighted by atomic mass is 10.1. The van der Waals surface area contributed by atoms with E-state index in [1.54, 1.807) is 0 Å². The lowest BCUT2D eigenvalue weighted by Crippen LogP contribution is -2.27. The van der Waals surface area contributed by atoms with Crippen LogP contribution in [0.2, 0.25) is 0 Å². The normalized spacial score (nSPS) is 11.6. The third-order valence-electron chi connectivity index (χ3n) is 7.21. The number of nitrogens with zero attached hydrogens (tertiary/aromatic N) is 1. The number of unbranched alkanes of at least 4 members (excludes halogenated alkanes) is 20. The van der Waals surface area contributed by atoms with E-state index in [4.69, 9.17) is 4.55 Å². The van der Waals surface area contributed by atoms with Gasteiger partial charge in [0.25, 0.3) is 0 Å². The van der Waals surface area contributed by atoms with E-state index >= 15 is 0 Å². The van der Waals surface area contributed by atoms with E-state index in [1.165, 1.54) is 154 Å². The first-order valence-electron chi connectivity index (χ1n) is 16.7. The predicted octanol–water partition coefficient (Wildman–Crippen LogP) is 10.5. The Balaban J connectivity index is 0. The van der Waals surface area contributed by atoms with Crippen molar-refractivity contribution in [1.29, 1.82) is 0 Å². The van der Waals surface area contributed by atoms with Crippen LogP contribution in [0, 0.1) is 0 Å². The van der Waals surface area contributed by atoms with E-state index in [-0.39, 0.29) is 6.61 Å². The van der Waals surface area contributed by atoms with Crippen LogP contribution >= 0.6 is 0 Å². The van der Waals surface area contributed by atoms with Crippen LogP contribution < -0.4 is 0 Å². The molecule has 0 fully saturated rings. The Morgan fingerprint density at radius 3 is 1.00 bits per heavy atom. The summed E-state index contributed by atoms with van der Waals surface area (Å²) in [6.45, 7) is 13.2. The summed E-state index contributed by atoms with van der Waals surface area (Å²) in [5.41, 5.74) is 0. The molecule has 1 N–H and O–H groups in total. The zero-order valence-corrected chi connectivity index (χ0v) is 27.1. The average Bonchev–Trinajstić information content (AvgIpc) is 2.89. The summed E-state index contributed by atoms with van der Waals surface area (Å²) in [6, 6.07) is 0. The van der Waals surface area contributed by atoms with Crippen LogP contribution in [-0.4, -0.2) is 44.1 Å². The van der Waals surface area contributed by atoms with Crippen LogP contribution in [0.25, 0.3) is 0 Å². The molecule has 232 valence electrons. The van der Waals surface area contributed by atoms with Gasteiger partial charge in [0.2, 0.25) is 0 Å². The molecule has 0 saturated carbocycles. The SMILES string of the molecule is CCCCCCCCN(CCCCCCCC)CCCCCCCC.CCCCCCCCOS(=O)(=O)O. The van der Waals surface area contributed by atoms with E-state index in [0.717, 1.165) is 12.8 Å². The van der Waals surface area contributed by atoms with E-state index in [2.05, 4.69) is 36.8 Å². The highest BCUT2D eigenvalue weighted by atomic mass is 32.3. The molecule has 0 atom stereocenters. The molecule has 0 aromatic heterocycles. The van der Waals surface area contributed by atoms with E-state index in [1.807, 2.05) is 0 Å². The van der Waals surface area contributed by atoms with E-state index in [0.29, 0.717) is 6.42 Å². The zero-order chi connectivity index (χ0) is 28.6. The molecular formula is C32H69NO4S. The summed E-state index contributed by atoms with van der Waals surface area (Å²) in [4.78, 5) is 2.79. The quantitative estimate of drug-likeness (QED) is 0.0724. The summed E-state index contributed by atoms with van der Waals surface area (Å²) in [7, 11) is -4.22. The second-order valence-corrected chi connectivity index (χ2v) is 12.3. The minimum absolute atomic E-state index is 0.0883. The third kappa shape index (κ3) is 38.0. The Kier molecular flexibility index (Phi) is 34.8. The van der Waals surface area contributed by atoms with Gasteiger partial charge in [-0.05, 0) is 45.3 Å². The first-order chi connectivity index (χ1) is 18.4. The zero-order valence-electron chi connectivity index (χ0n) is 26.3. The van der Waals surface area contributed by atoms with Crippen LogP contribution in [0.1, 0.15) is 182 Å². The molecule has 38 heavy (non-hydrogen) atoms. The maximum Gasteiger partial charge on any atom is 0.397 e. The largest absolute Gasteiger partial charge is 0.397 e. The van der Waals surface area contributed by atoms with Gasteiger partial charge in [0, 0.05) is 0 Å². The molecule has 0 aromatic carbocycles. The van der Waals surface area contributed by atoms with Gasteiger partial charge in [-0.15, -0.1) is 0 Å². The maximum absolute atomic E-state index is 10.1. The molecule has 0 aliphatic heterocycles. The van der Waals surface area contributed by atoms with Gasteiger partial charge in [0.05, 0.1) is 6.61 Å². The van der Waals surface area contributed by atoms with Gasteiger partial charge in [-0.1, -0.05) is 156 Å². The van der Waals surface area contributed by atoms with Crippen LogP contribution in [0.4, 0.5) is 0 Å². The first-order valence-corrected chi connectivity index (χ1v) is 18.1. The lowest BCUT2D eigenvalue weighted by molar-refractivity contribution is 0.254. The molecule has 0 heterocycles. The summed E-state index contributed by atoms with van der Waals surface area (Å²) in [5, 5.41) is 0. The molecule has 0 spiro atoms. The van der Waals surface area contributed by atoms with Crippen molar-refractivity contribution in [3.8, 4) is 0 Å². The highest BCUT2D eigenvalue weighted by molar-refractivity contribution is 7.80. The number of hydrogen-bond donors (Lipinski definition) is 1. The van der Waals surface area contributed by atoms with Crippen LogP contribution in [0.5, 0.6) is 0 Å². The van der Waals surface area contributed by atoms with Gasteiger partial charge in [-0.3, -0.25) is 4.55 Å². The van der Waals surface area contributed by atoms with Crippen molar-refractivity contribution in [2.75, 3.05) is 26.2 Å². The third-order valence-corrected chi connectivity index (χ3v) is 7.68. The summed E-state index contributed by atoms with van der Waals surface area (Å²) >= 11 is 0. The Hall–Kier alpha value is -0.170. The lowest BCUT2D eigenvalue weighted by Gasteiger charge is -2.22. The van der Waals surface area contributed by atoms with Gasteiger partial charge in [-0.25, -0.2) is 4.18 Å².